The van der Waals surface area contributed by atoms with Crippen LogP contribution in [0.25, 0.3) is 0 Å². The third-order valence-corrected chi connectivity index (χ3v) is 5.02. The molecule has 0 unspecified atom stereocenters. The van der Waals surface area contributed by atoms with E-state index in [1.807, 2.05) is 54.6 Å². The van der Waals surface area contributed by atoms with Crippen molar-refractivity contribution < 1.29 is 9.59 Å². The number of hydrogen-bond donors (Lipinski definition) is 2. The fraction of sp³-hybridized carbons (Fsp3) is 0.364. The Bertz CT molecular complexity index is 751. The lowest BCUT2D eigenvalue weighted by atomic mass is 9.85. The highest BCUT2D eigenvalue weighted by Gasteiger charge is 2.29. The number of carbonyl (C=O) groups is 2. The maximum Gasteiger partial charge on any atom is 0.232 e. The molecule has 2 aromatic carbocycles. The third-order valence-electron chi connectivity index (χ3n) is 5.02. The standard InChI is InChI=1S/C22H26N2O2/c1-3-15(2)20(16-7-5-4-6-8-16)22(26)24-19-13-11-18(12-14-19)23-21(25)17-9-10-17/h4-8,11-15,17,20H,3,9-10H2,1-2H3,(H,23,25)(H,24,26)/t15-,20+/m1/s1. The van der Waals surface area contributed by atoms with Gasteiger partial charge in [-0.2, -0.15) is 0 Å². The zero-order chi connectivity index (χ0) is 18.5. The Morgan fingerprint density at radius 3 is 2.08 bits per heavy atom. The summed E-state index contributed by atoms with van der Waals surface area (Å²) in [6, 6.07) is 17.2. The van der Waals surface area contributed by atoms with Gasteiger partial charge in [-0.05, 0) is 48.6 Å². The first-order valence-electron chi connectivity index (χ1n) is 9.35. The normalized spacial score (nSPS) is 15.8. The number of anilines is 2. The zero-order valence-corrected chi connectivity index (χ0v) is 15.4. The molecule has 2 atom stereocenters. The van der Waals surface area contributed by atoms with E-state index in [1.165, 1.54) is 0 Å². The van der Waals surface area contributed by atoms with E-state index < -0.39 is 0 Å². The van der Waals surface area contributed by atoms with Crippen LogP contribution in [0.4, 0.5) is 11.4 Å². The van der Waals surface area contributed by atoms with Gasteiger partial charge in [0.2, 0.25) is 11.8 Å². The Kier molecular flexibility index (Phi) is 5.71. The summed E-state index contributed by atoms with van der Waals surface area (Å²) in [5.41, 5.74) is 2.54. The zero-order valence-electron chi connectivity index (χ0n) is 15.4. The van der Waals surface area contributed by atoms with E-state index in [0.29, 0.717) is 0 Å². The lowest BCUT2D eigenvalue weighted by Gasteiger charge is -2.23. The van der Waals surface area contributed by atoms with Gasteiger partial charge in [0.25, 0.3) is 0 Å². The highest BCUT2D eigenvalue weighted by atomic mass is 16.2. The van der Waals surface area contributed by atoms with Gasteiger partial charge in [0.1, 0.15) is 0 Å². The van der Waals surface area contributed by atoms with E-state index in [2.05, 4.69) is 24.5 Å². The predicted molar refractivity (Wildman–Crippen MR) is 105 cm³/mol. The van der Waals surface area contributed by atoms with E-state index in [-0.39, 0.29) is 29.6 Å². The number of carbonyl (C=O) groups excluding carboxylic acids is 2. The minimum Gasteiger partial charge on any atom is -0.326 e. The number of rotatable bonds is 7. The second-order valence-electron chi connectivity index (χ2n) is 7.10. The first-order valence-corrected chi connectivity index (χ1v) is 9.35. The average molecular weight is 350 g/mol. The summed E-state index contributed by atoms with van der Waals surface area (Å²) in [6.45, 7) is 4.21. The molecule has 1 saturated carbocycles. The molecule has 0 spiro atoms. The molecule has 26 heavy (non-hydrogen) atoms. The van der Waals surface area contributed by atoms with Gasteiger partial charge >= 0.3 is 0 Å². The topological polar surface area (TPSA) is 58.2 Å². The van der Waals surface area contributed by atoms with Crippen LogP contribution in [0.15, 0.2) is 54.6 Å². The monoisotopic (exact) mass is 350 g/mol. The van der Waals surface area contributed by atoms with E-state index in [1.54, 1.807) is 0 Å². The maximum absolute atomic E-state index is 12.9. The van der Waals surface area contributed by atoms with Crippen LogP contribution in [0.1, 0.15) is 44.6 Å². The quantitative estimate of drug-likeness (QED) is 0.753. The average Bonchev–Trinajstić information content (AvgIpc) is 3.49. The Labute approximate surface area is 155 Å². The second kappa shape index (κ2) is 8.17. The largest absolute Gasteiger partial charge is 0.326 e. The number of benzene rings is 2. The molecule has 1 aliphatic rings. The molecular weight excluding hydrogens is 324 g/mol. The van der Waals surface area contributed by atoms with Crippen molar-refractivity contribution in [1.82, 2.24) is 0 Å². The third kappa shape index (κ3) is 4.51. The summed E-state index contributed by atoms with van der Waals surface area (Å²) in [6.07, 6.45) is 2.89. The van der Waals surface area contributed by atoms with Gasteiger partial charge in [0.15, 0.2) is 0 Å². The van der Waals surface area contributed by atoms with Crippen molar-refractivity contribution in [3.8, 4) is 0 Å². The molecule has 2 aromatic rings. The van der Waals surface area contributed by atoms with Crippen LogP contribution < -0.4 is 10.6 Å². The molecule has 0 aromatic heterocycles. The first kappa shape index (κ1) is 18.2. The van der Waals surface area contributed by atoms with Crippen molar-refractivity contribution in [2.45, 2.75) is 39.0 Å². The van der Waals surface area contributed by atoms with Crippen LogP contribution in [0.2, 0.25) is 0 Å². The van der Waals surface area contributed by atoms with Crippen LogP contribution in [-0.2, 0) is 9.59 Å². The van der Waals surface area contributed by atoms with Crippen molar-refractivity contribution in [3.63, 3.8) is 0 Å². The van der Waals surface area contributed by atoms with Crippen LogP contribution in [0.5, 0.6) is 0 Å². The summed E-state index contributed by atoms with van der Waals surface area (Å²) in [5, 5.41) is 5.93. The van der Waals surface area contributed by atoms with Crippen molar-refractivity contribution in [2.75, 3.05) is 10.6 Å². The van der Waals surface area contributed by atoms with Crippen LogP contribution >= 0.6 is 0 Å². The van der Waals surface area contributed by atoms with Gasteiger partial charge in [0.05, 0.1) is 5.92 Å². The molecule has 1 aliphatic carbocycles. The van der Waals surface area contributed by atoms with Crippen LogP contribution in [0.3, 0.4) is 0 Å². The van der Waals surface area contributed by atoms with Crippen molar-refractivity contribution in [2.24, 2.45) is 11.8 Å². The molecule has 0 radical (unpaired) electrons. The van der Waals surface area contributed by atoms with Crippen LogP contribution in [-0.4, -0.2) is 11.8 Å². The SMILES string of the molecule is CC[C@@H](C)[C@H](C(=O)Nc1ccc(NC(=O)C2CC2)cc1)c1ccccc1. The Balaban J connectivity index is 1.67. The smallest absolute Gasteiger partial charge is 0.232 e. The molecule has 4 heteroatoms. The second-order valence-corrected chi connectivity index (χ2v) is 7.10. The fourth-order valence-electron chi connectivity index (χ4n) is 3.08. The number of amides is 2. The molecule has 2 N–H and O–H groups in total. The lowest BCUT2D eigenvalue weighted by Crippen LogP contribution is -2.26. The molecule has 1 fully saturated rings. The highest BCUT2D eigenvalue weighted by Crippen LogP contribution is 2.31. The molecule has 0 saturated heterocycles. The van der Waals surface area contributed by atoms with Gasteiger partial charge in [-0.15, -0.1) is 0 Å². The van der Waals surface area contributed by atoms with E-state index in [0.717, 1.165) is 36.2 Å². The summed E-state index contributed by atoms with van der Waals surface area (Å²) in [5.74, 6) is 0.324. The lowest BCUT2D eigenvalue weighted by molar-refractivity contribution is -0.119. The van der Waals surface area contributed by atoms with Crippen molar-refractivity contribution >= 4 is 23.2 Å². The Morgan fingerprint density at radius 1 is 0.962 bits per heavy atom. The van der Waals surface area contributed by atoms with Crippen molar-refractivity contribution in [1.29, 1.82) is 0 Å². The molecule has 0 heterocycles. The predicted octanol–water partition coefficient (Wildman–Crippen LogP) is 4.80. The fourth-order valence-corrected chi connectivity index (χ4v) is 3.08. The molecule has 0 bridgehead atoms. The molecule has 4 nitrogen and oxygen atoms in total. The van der Waals surface area contributed by atoms with Gasteiger partial charge in [-0.1, -0.05) is 50.6 Å². The number of hydrogen-bond acceptors (Lipinski definition) is 2. The van der Waals surface area contributed by atoms with Gasteiger partial charge in [-0.3, -0.25) is 9.59 Å². The summed E-state index contributed by atoms with van der Waals surface area (Å²) in [4.78, 5) is 24.7. The van der Waals surface area contributed by atoms with E-state index >= 15 is 0 Å². The first-order chi connectivity index (χ1) is 12.6. The maximum atomic E-state index is 12.9. The van der Waals surface area contributed by atoms with Crippen molar-refractivity contribution in [3.05, 3.63) is 60.2 Å². The summed E-state index contributed by atoms with van der Waals surface area (Å²) in [7, 11) is 0. The molecular formula is C22H26N2O2. The minimum atomic E-state index is -0.185. The summed E-state index contributed by atoms with van der Waals surface area (Å²) < 4.78 is 0. The Morgan fingerprint density at radius 2 is 1.54 bits per heavy atom. The molecule has 136 valence electrons. The summed E-state index contributed by atoms with van der Waals surface area (Å²) >= 11 is 0. The highest BCUT2D eigenvalue weighted by molar-refractivity contribution is 5.97. The van der Waals surface area contributed by atoms with Gasteiger partial charge in [0, 0.05) is 17.3 Å². The molecule has 0 aliphatic heterocycles. The van der Waals surface area contributed by atoms with E-state index in [9.17, 15) is 9.59 Å². The number of nitrogens with one attached hydrogen (secondary N) is 2. The van der Waals surface area contributed by atoms with Crippen LogP contribution in [0, 0.1) is 11.8 Å². The van der Waals surface area contributed by atoms with Gasteiger partial charge < -0.3 is 10.6 Å². The Hall–Kier alpha value is -2.62. The minimum absolute atomic E-state index is 0.000293. The molecule has 3 rings (SSSR count). The molecule has 2 amide bonds. The van der Waals surface area contributed by atoms with Gasteiger partial charge in [-0.25, -0.2) is 0 Å². The van der Waals surface area contributed by atoms with E-state index in [4.69, 9.17) is 0 Å².